The number of rotatable bonds is 7. The van der Waals surface area contributed by atoms with Crippen LogP contribution in [-0.2, 0) is 30.4 Å². The quantitative estimate of drug-likeness (QED) is 0.410. The summed E-state index contributed by atoms with van der Waals surface area (Å²) in [6.45, 7) is 5.60. The van der Waals surface area contributed by atoms with Gasteiger partial charge < -0.3 is 19.1 Å². The number of Topliss-reactive ketones (excluding diaryl/α,β-unsaturated/α-hetero) is 1. The van der Waals surface area contributed by atoms with Crippen LogP contribution in [0.5, 0.6) is 0 Å². The van der Waals surface area contributed by atoms with E-state index in [1.807, 2.05) is 65.4 Å². The Morgan fingerprint density at radius 3 is 2.31 bits per heavy atom. The highest BCUT2D eigenvalue weighted by Gasteiger charge is 2.57. The largest absolute Gasteiger partial charge is 0.466 e. The highest BCUT2D eigenvalue weighted by Crippen LogP contribution is 2.48. The predicted octanol–water partition coefficient (Wildman–Crippen LogP) is 3.86. The van der Waals surface area contributed by atoms with Crippen LogP contribution in [0.15, 0.2) is 60.8 Å². The van der Waals surface area contributed by atoms with E-state index < -0.39 is 41.1 Å². The standard InChI is InChI=1S/C28H31NO6/c1-4-34-26(31)24-22(30)15-28(3,33)25(27(32)35-5-2)23(24)20-17-29(16-18-11-7-6-8-12-18)21-14-10-9-13-19(20)21/h6-14,17,23-25,33H,4-5,15-16H2,1-3H3/t23-,24-,25-,28-/m1/s1. The molecule has 2 aromatic carbocycles. The van der Waals surface area contributed by atoms with Crippen molar-refractivity contribution in [3.05, 3.63) is 71.9 Å². The van der Waals surface area contributed by atoms with Crippen molar-refractivity contribution in [1.29, 1.82) is 0 Å². The second kappa shape index (κ2) is 10.0. The third-order valence-electron chi connectivity index (χ3n) is 6.72. The number of carbonyl (C=O) groups excluding carboxylic acids is 3. The van der Waals surface area contributed by atoms with Gasteiger partial charge in [0.15, 0.2) is 5.78 Å². The van der Waals surface area contributed by atoms with Crippen molar-refractivity contribution in [2.24, 2.45) is 11.8 Å². The number of esters is 2. The van der Waals surface area contributed by atoms with Crippen LogP contribution in [0.2, 0.25) is 0 Å². The molecule has 1 saturated carbocycles. The maximum Gasteiger partial charge on any atom is 0.317 e. The van der Waals surface area contributed by atoms with Crippen LogP contribution in [0.3, 0.4) is 0 Å². The first-order chi connectivity index (χ1) is 16.8. The van der Waals surface area contributed by atoms with Gasteiger partial charge in [-0.15, -0.1) is 0 Å². The van der Waals surface area contributed by atoms with E-state index in [-0.39, 0.29) is 19.6 Å². The summed E-state index contributed by atoms with van der Waals surface area (Å²) in [5.41, 5.74) is 0.935. The average molecular weight is 478 g/mol. The number of nitrogens with zero attached hydrogens (tertiary/aromatic N) is 1. The molecule has 1 heterocycles. The molecule has 184 valence electrons. The first kappa shape index (κ1) is 24.7. The lowest BCUT2D eigenvalue weighted by Crippen LogP contribution is -2.55. The van der Waals surface area contributed by atoms with Crippen LogP contribution < -0.4 is 0 Å². The Morgan fingerprint density at radius 2 is 1.63 bits per heavy atom. The van der Waals surface area contributed by atoms with Gasteiger partial charge in [0.2, 0.25) is 0 Å². The Bertz CT molecular complexity index is 1230. The number of para-hydroxylation sites is 1. The molecule has 0 amide bonds. The Morgan fingerprint density at radius 1 is 1.00 bits per heavy atom. The summed E-state index contributed by atoms with van der Waals surface area (Å²) in [5.74, 6) is -5.05. The zero-order chi connectivity index (χ0) is 25.2. The highest BCUT2D eigenvalue weighted by atomic mass is 16.5. The molecule has 1 aromatic heterocycles. The van der Waals surface area contributed by atoms with E-state index in [9.17, 15) is 19.5 Å². The summed E-state index contributed by atoms with van der Waals surface area (Å²) in [6, 6.07) is 17.6. The molecule has 0 radical (unpaired) electrons. The van der Waals surface area contributed by atoms with Crippen molar-refractivity contribution in [1.82, 2.24) is 4.57 Å². The number of hydrogen-bond acceptors (Lipinski definition) is 6. The van der Waals surface area contributed by atoms with Crippen LogP contribution in [0, 0.1) is 11.8 Å². The molecular weight excluding hydrogens is 446 g/mol. The minimum Gasteiger partial charge on any atom is -0.466 e. The van der Waals surface area contributed by atoms with Crippen LogP contribution in [0.4, 0.5) is 0 Å². The molecule has 4 rings (SSSR count). The number of benzene rings is 2. The smallest absolute Gasteiger partial charge is 0.317 e. The minimum absolute atomic E-state index is 0.103. The Hall–Kier alpha value is -3.45. The number of carbonyl (C=O) groups is 3. The molecule has 7 nitrogen and oxygen atoms in total. The molecular formula is C28H31NO6. The molecule has 0 spiro atoms. The number of fused-ring (bicyclic) bond motifs is 1. The summed E-state index contributed by atoms with van der Waals surface area (Å²) in [6.07, 6.45) is 1.55. The third-order valence-corrected chi connectivity index (χ3v) is 6.72. The zero-order valence-electron chi connectivity index (χ0n) is 20.3. The fourth-order valence-corrected chi connectivity index (χ4v) is 5.31. The van der Waals surface area contributed by atoms with Crippen molar-refractivity contribution >= 4 is 28.6 Å². The molecule has 1 aliphatic rings. The molecule has 1 N–H and O–H groups in total. The summed E-state index contributed by atoms with van der Waals surface area (Å²) in [5, 5.41) is 12.1. The molecule has 7 heteroatoms. The molecule has 0 saturated heterocycles. The first-order valence-corrected chi connectivity index (χ1v) is 12.0. The van der Waals surface area contributed by atoms with Crippen molar-refractivity contribution in [3.8, 4) is 0 Å². The van der Waals surface area contributed by atoms with Gasteiger partial charge in [-0.05, 0) is 38.0 Å². The molecule has 1 aliphatic carbocycles. The van der Waals surface area contributed by atoms with Crippen LogP contribution in [-0.4, -0.2) is 46.2 Å². The van der Waals surface area contributed by atoms with Gasteiger partial charge in [-0.1, -0.05) is 48.5 Å². The van der Waals surface area contributed by atoms with Gasteiger partial charge in [-0.3, -0.25) is 14.4 Å². The van der Waals surface area contributed by atoms with Gasteiger partial charge in [0.25, 0.3) is 0 Å². The van der Waals surface area contributed by atoms with Crippen molar-refractivity contribution < 1.29 is 29.0 Å². The van der Waals surface area contributed by atoms with E-state index in [0.717, 1.165) is 16.5 Å². The third kappa shape index (κ3) is 4.73. The number of ether oxygens (including phenoxy) is 2. The van der Waals surface area contributed by atoms with Crippen LogP contribution >= 0.6 is 0 Å². The van der Waals surface area contributed by atoms with Crippen LogP contribution in [0.25, 0.3) is 10.9 Å². The average Bonchev–Trinajstić information content (AvgIpc) is 3.17. The molecule has 0 bridgehead atoms. The molecule has 4 atom stereocenters. The van der Waals surface area contributed by atoms with E-state index in [2.05, 4.69) is 0 Å². The molecule has 0 unspecified atom stereocenters. The lowest BCUT2D eigenvalue weighted by Gasteiger charge is -2.43. The van der Waals surface area contributed by atoms with Gasteiger partial charge in [0.05, 0.1) is 24.7 Å². The number of aliphatic hydroxyl groups is 1. The Balaban J connectivity index is 1.92. The van der Waals surface area contributed by atoms with Gasteiger partial charge in [0, 0.05) is 36.0 Å². The second-order valence-corrected chi connectivity index (χ2v) is 9.20. The number of hydrogen-bond donors (Lipinski definition) is 1. The first-order valence-electron chi connectivity index (χ1n) is 12.0. The normalized spacial score (nSPS) is 24.3. The number of aromatic nitrogens is 1. The molecule has 3 aromatic rings. The molecule has 1 fully saturated rings. The van der Waals surface area contributed by atoms with E-state index in [1.54, 1.807) is 13.8 Å². The summed E-state index contributed by atoms with van der Waals surface area (Å²) < 4.78 is 12.7. The van der Waals surface area contributed by atoms with Gasteiger partial charge in [-0.25, -0.2) is 0 Å². The minimum atomic E-state index is -1.68. The SMILES string of the molecule is CCOC(=O)[C@@H]1C(=O)C[C@@](C)(O)[C@@H](C(=O)OCC)[C@@H]1c1cn(Cc2ccccc2)c2ccccc12. The predicted molar refractivity (Wildman–Crippen MR) is 131 cm³/mol. The van der Waals surface area contributed by atoms with Gasteiger partial charge >= 0.3 is 11.9 Å². The zero-order valence-corrected chi connectivity index (χ0v) is 20.3. The maximum absolute atomic E-state index is 13.3. The lowest BCUT2D eigenvalue weighted by atomic mass is 9.61. The Kier molecular flexibility index (Phi) is 7.08. The summed E-state index contributed by atoms with van der Waals surface area (Å²) in [4.78, 5) is 39.5. The summed E-state index contributed by atoms with van der Waals surface area (Å²) in [7, 11) is 0. The fraction of sp³-hybridized carbons (Fsp3) is 0.393. The Labute approximate surface area is 204 Å². The maximum atomic E-state index is 13.3. The molecule has 0 aliphatic heterocycles. The lowest BCUT2D eigenvalue weighted by molar-refractivity contribution is -0.172. The monoisotopic (exact) mass is 477 g/mol. The van der Waals surface area contributed by atoms with E-state index >= 15 is 0 Å². The molecule has 35 heavy (non-hydrogen) atoms. The van der Waals surface area contributed by atoms with Gasteiger partial charge in [0.1, 0.15) is 5.92 Å². The van der Waals surface area contributed by atoms with Crippen molar-refractivity contribution in [3.63, 3.8) is 0 Å². The van der Waals surface area contributed by atoms with Crippen molar-refractivity contribution in [2.45, 2.75) is 45.3 Å². The second-order valence-electron chi connectivity index (χ2n) is 9.20. The van der Waals surface area contributed by atoms with E-state index in [1.165, 1.54) is 6.92 Å². The topological polar surface area (TPSA) is 94.8 Å². The van der Waals surface area contributed by atoms with Gasteiger partial charge in [-0.2, -0.15) is 0 Å². The van der Waals surface area contributed by atoms with Crippen LogP contribution in [0.1, 0.15) is 44.2 Å². The highest BCUT2D eigenvalue weighted by molar-refractivity contribution is 6.03. The van der Waals surface area contributed by atoms with E-state index in [4.69, 9.17) is 9.47 Å². The van der Waals surface area contributed by atoms with Crippen molar-refractivity contribution in [2.75, 3.05) is 13.2 Å². The van der Waals surface area contributed by atoms with E-state index in [0.29, 0.717) is 12.1 Å². The number of ketones is 1. The summed E-state index contributed by atoms with van der Waals surface area (Å²) >= 11 is 0. The fourth-order valence-electron chi connectivity index (χ4n) is 5.31.